The molecule has 1 fully saturated rings. The number of hydrogen-bond acceptors (Lipinski definition) is 5. The summed E-state index contributed by atoms with van der Waals surface area (Å²) in [5.41, 5.74) is 2.34. The van der Waals surface area contributed by atoms with E-state index in [-0.39, 0.29) is 23.0 Å². The number of anilines is 1. The lowest BCUT2D eigenvalue weighted by molar-refractivity contribution is -0.206. The van der Waals surface area contributed by atoms with Gasteiger partial charge in [0.2, 0.25) is 6.10 Å². The van der Waals surface area contributed by atoms with E-state index in [0.717, 1.165) is 42.4 Å². The fraction of sp³-hybridized carbons (Fsp3) is 0.381. The van der Waals surface area contributed by atoms with E-state index < -0.39 is 18.4 Å². The molecule has 2 aliphatic rings. The van der Waals surface area contributed by atoms with E-state index in [2.05, 4.69) is 20.4 Å². The van der Waals surface area contributed by atoms with Crippen molar-refractivity contribution in [1.29, 1.82) is 0 Å². The van der Waals surface area contributed by atoms with Crippen LogP contribution in [-0.2, 0) is 4.74 Å². The Morgan fingerprint density at radius 3 is 2.71 bits per heavy atom. The first-order valence-corrected chi connectivity index (χ1v) is 10.1. The van der Waals surface area contributed by atoms with Gasteiger partial charge in [-0.25, -0.2) is 9.78 Å². The lowest BCUT2D eigenvalue weighted by Crippen LogP contribution is -2.34. The molecule has 1 aromatic carbocycles. The first-order chi connectivity index (χ1) is 14.8. The van der Waals surface area contributed by atoms with Gasteiger partial charge in [-0.2, -0.15) is 18.3 Å². The number of ether oxygens (including phenoxy) is 1. The molecule has 3 aromatic rings. The summed E-state index contributed by atoms with van der Waals surface area (Å²) in [7, 11) is 0. The van der Waals surface area contributed by atoms with Crippen molar-refractivity contribution in [3.05, 3.63) is 41.6 Å². The van der Waals surface area contributed by atoms with Crippen LogP contribution in [-0.4, -0.2) is 40.1 Å². The van der Waals surface area contributed by atoms with Crippen LogP contribution in [0.25, 0.3) is 22.2 Å². The van der Waals surface area contributed by atoms with Gasteiger partial charge in [0.25, 0.3) is 0 Å². The Morgan fingerprint density at radius 1 is 1.19 bits per heavy atom. The Labute approximate surface area is 175 Å². The molecule has 1 saturated heterocycles. The summed E-state index contributed by atoms with van der Waals surface area (Å²) >= 11 is 0. The van der Waals surface area contributed by atoms with Gasteiger partial charge >= 0.3 is 12.3 Å². The zero-order chi connectivity index (χ0) is 21.8. The molecule has 0 radical (unpaired) electrons. The number of carbonyl (C=O) groups is 1. The molecule has 5 rings (SSSR count). The normalized spacial score (nSPS) is 19.7. The topological polar surface area (TPSA) is 81.1 Å². The Kier molecular flexibility index (Phi) is 4.62. The van der Waals surface area contributed by atoms with Crippen LogP contribution in [0.2, 0.25) is 0 Å². The number of fused-ring (bicyclic) bond motifs is 2. The van der Waals surface area contributed by atoms with Crippen molar-refractivity contribution in [3.63, 3.8) is 0 Å². The van der Waals surface area contributed by atoms with Crippen molar-refractivity contribution < 1.29 is 22.7 Å². The monoisotopic (exact) mass is 431 g/mol. The minimum Gasteiger partial charge on any atom is -0.431 e. The SMILES string of the molecule is Cc1ccc2c(-c3ccnc4c3[C@H](C(F)(F)F)OC(=O)N4)nn(C3CCNCC3)c2c1. The maximum atomic E-state index is 13.8. The molecule has 10 heteroatoms. The van der Waals surface area contributed by atoms with E-state index in [1.807, 2.05) is 29.8 Å². The molecule has 162 valence electrons. The van der Waals surface area contributed by atoms with E-state index in [1.165, 1.54) is 12.3 Å². The number of piperidine rings is 1. The summed E-state index contributed by atoms with van der Waals surface area (Å²) in [5.74, 6) is -0.159. The fourth-order valence-electron chi connectivity index (χ4n) is 4.34. The Balaban J connectivity index is 1.74. The number of nitrogens with zero attached hydrogens (tertiary/aromatic N) is 3. The molecule has 1 amide bonds. The first-order valence-electron chi connectivity index (χ1n) is 10.1. The third kappa shape index (κ3) is 3.40. The number of cyclic esters (lactones) is 1. The Bertz CT molecular complexity index is 1170. The number of nitrogens with one attached hydrogen (secondary N) is 2. The van der Waals surface area contributed by atoms with Gasteiger partial charge in [0.15, 0.2) is 0 Å². The van der Waals surface area contributed by atoms with Crippen molar-refractivity contribution in [2.24, 2.45) is 0 Å². The predicted octanol–water partition coefficient (Wildman–Crippen LogP) is 4.50. The highest BCUT2D eigenvalue weighted by Crippen LogP contribution is 2.46. The van der Waals surface area contributed by atoms with Crippen molar-refractivity contribution >= 4 is 22.8 Å². The van der Waals surface area contributed by atoms with Crippen LogP contribution < -0.4 is 10.6 Å². The third-order valence-electron chi connectivity index (χ3n) is 5.77. The van der Waals surface area contributed by atoms with Gasteiger partial charge in [0.1, 0.15) is 11.5 Å². The maximum absolute atomic E-state index is 13.8. The molecular weight excluding hydrogens is 411 g/mol. The minimum atomic E-state index is -4.78. The van der Waals surface area contributed by atoms with Gasteiger partial charge in [0.05, 0.1) is 17.1 Å². The number of carbonyl (C=O) groups excluding carboxylic acids is 1. The van der Waals surface area contributed by atoms with Crippen LogP contribution in [0.4, 0.5) is 23.8 Å². The molecule has 0 spiro atoms. The van der Waals surface area contributed by atoms with E-state index in [0.29, 0.717) is 5.69 Å². The summed E-state index contributed by atoms with van der Waals surface area (Å²) in [5, 5.41) is 11.1. The van der Waals surface area contributed by atoms with Gasteiger partial charge in [-0.15, -0.1) is 0 Å². The molecule has 2 N–H and O–H groups in total. The lowest BCUT2D eigenvalue weighted by Gasteiger charge is -2.28. The van der Waals surface area contributed by atoms with E-state index >= 15 is 0 Å². The van der Waals surface area contributed by atoms with Gasteiger partial charge in [-0.05, 0) is 50.6 Å². The summed E-state index contributed by atoms with van der Waals surface area (Å²) in [6, 6.07) is 7.43. The molecular formula is C21H20F3N5O2. The second-order valence-electron chi connectivity index (χ2n) is 7.87. The average molecular weight is 431 g/mol. The van der Waals surface area contributed by atoms with E-state index in [9.17, 15) is 18.0 Å². The van der Waals surface area contributed by atoms with Crippen molar-refractivity contribution in [3.8, 4) is 11.3 Å². The van der Waals surface area contributed by atoms with Gasteiger partial charge in [-0.3, -0.25) is 10.00 Å². The molecule has 31 heavy (non-hydrogen) atoms. The Hall–Kier alpha value is -3.14. The van der Waals surface area contributed by atoms with Crippen LogP contribution in [0.5, 0.6) is 0 Å². The summed E-state index contributed by atoms with van der Waals surface area (Å²) in [6.45, 7) is 3.68. The largest absolute Gasteiger partial charge is 0.431 e. The molecule has 0 aliphatic carbocycles. The first kappa shape index (κ1) is 19.8. The van der Waals surface area contributed by atoms with E-state index in [4.69, 9.17) is 5.10 Å². The maximum Gasteiger partial charge on any atom is 0.430 e. The van der Waals surface area contributed by atoms with Gasteiger partial charge in [-0.1, -0.05) is 12.1 Å². The summed E-state index contributed by atoms with van der Waals surface area (Å²) in [6.07, 6.45) is -5.25. The standard InChI is InChI=1S/C21H20F3N5O2/c1-11-2-3-13-15(10-11)29(12-4-7-25-8-5-12)28-17(13)14-6-9-26-19-16(14)18(21(22,23)24)31-20(30)27-19/h2-3,6,9-10,12,18,25H,4-5,7-8H2,1H3,(H,26,27,30)/t18-/m1/s1. The van der Waals surface area contributed by atoms with Gasteiger partial charge in [0, 0.05) is 17.1 Å². The molecule has 7 nitrogen and oxygen atoms in total. The molecule has 4 heterocycles. The highest BCUT2D eigenvalue weighted by atomic mass is 19.4. The number of aromatic nitrogens is 3. The van der Waals surface area contributed by atoms with Crippen LogP contribution >= 0.6 is 0 Å². The number of benzene rings is 1. The highest BCUT2D eigenvalue weighted by Gasteiger charge is 2.49. The smallest absolute Gasteiger partial charge is 0.430 e. The second kappa shape index (κ2) is 7.23. The number of rotatable bonds is 2. The zero-order valence-electron chi connectivity index (χ0n) is 16.7. The fourth-order valence-corrected chi connectivity index (χ4v) is 4.34. The van der Waals surface area contributed by atoms with Crippen LogP contribution in [0.3, 0.4) is 0 Å². The number of amides is 1. The second-order valence-corrected chi connectivity index (χ2v) is 7.87. The minimum absolute atomic E-state index is 0.145. The molecule has 0 unspecified atom stereocenters. The predicted molar refractivity (Wildman–Crippen MR) is 108 cm³/mol. The van der Waals surface area contributed by atoms with Crippen LogP contribution in [0, 0.1) is 6.92 Å². The Morgan fingerprint density at radius 2 is 1.97 bits per heavy atom. The molecule has 2 aromatic heterocycles. The number of halogens is 3. The summed E-state index contributed by atoms with van der Waals surface area (Å²) in [4.78, 5) is 15.6. The zero-order valence-corrected chi connectivity index (χ0v) is 16.7. The third-order valence-corrected chi connectivity index (χ3v) is 5.77. The van der Waals surface area contributed by atoms with Gasteiger partial charge < -0.3 is 10.1 Å². The van der Waals surface area contributed by atoms with Crippen molar-refractivity contribution in [2.45, 2.75) is 38.1 Å². The number of aryl methyl sites for hydroxylation is 1. The molecule has 0 saturated carbocycles. The van der Waals surface area contributed by atoms with Crippen LogP contribution in [0.1, 0.15) is 36.1 Å². The summed E-state index contributed by atoms with van der Waals surface area (Å²) < 4.78 is 47.9. The van der Waals surface area contributed by atoms with E-state index in [1.54, 1.807) is 0 Å². The lowest BCUT2D eigenvalue weighted by atomic mass is 9.97. The quantitative estimate of drug-likeness (QED) is 0.625. The highest BCUT2D eigenvalue weighted by molar-refractivity contribution is 5.97. The number of hydrogen-bond donors (Lipinski definition) is 2. The van der Waals surface area contributed by atoms with Crippen molar-refractivity contribution in [1.82, 2.24) is 20.1 Å². The number of pyridine rings is 1. The number of alkyl halides is 3. The average Bonchev–Trinajstić information content (AvgIpc) is 3.11. The van der Waals surface area contributed by atoms with Crippen molar-refractivity contribution in [2.75, 3.05) is 18.4 Å². The molecule has 1 atom stereocenters. The van der Waals surface area contributed by atoms with Crippen LogP contribution in [0.15, 0.2) is 30.5 Å². The molecule has 2 aliphatic heterocycles. The molecule has 0 bridgehead atoms.